The third-order valence-corrected chi connectivity index (χ3v) is 4.45. The lowest BCUT2D eigenvalue weighted by Gasteiger charge is -2.21. The molecular formula is C20H36IN5O2. The Hall–Kier alpha value is -1.13. The normalized spacial score (nSPS) is 15.0. The summed E-state index contributed by atoms with van der Waals surface area (Å²) in [7, 11) is 3.98. The van der Waals surface area contributed by atoms with Crippen molar-refractivity contribution in [3.63, 3.8) is 0 Å². The van der Waals surface area contributed by atoms with E-state index in [1.165, 1.54) is 0 Å². The van der Waals surface area contributed by atoms with Gasteiger partial charge in [-0.05, 0) is 44.2 Å². The molecule has 2 rings (SSSR count). The Labute approximate surface area is 186 Å². The highest BCUT2D eigenvalue weighted by Crippen LogP contribution is 2.14. The van der Waals surface area contributed by atoms with E-state index in [9.17, 15) is 0 Å². The highest BCUT2D eigenvalue weighted by atomic mass is 127. The average Bonchev–Trinajstić information content (AvgIpc) is 2.69. The number of halogens is 1. The molecule has 1 aliphatic rings. The van der Waals surface area contributed by atoms with Crippen LogP contribution < -0.4 is 15.5 Å². The predicted octanol–water partition coefficient (Wildman–Crippen LogP) is 2.65. The first-order chi connectivity index (χ1) is 13.2. The van der Waals surface area contributed by atoms with Crippen LogP contribution in [0.25, 0.3) is 0 Å². The van der Waals surface area contributed by atoms with Crippen LogP contribution in [0.1, 0.15) is 31.9 Å². The molecule has 2 N–H and O–H groups in total. The average molecular weight is 505 g/mol. The first-order valence-electron chi connectivity index (χ1n) is 10.00. The molecule has 160 valence electrons. The summed E-state index contributed by atoms with van der Waals surface area (Å²) in [6.07, 6.45) is 3.21. The van der Waals surface area contributed by atoms with Crippen molar-refractivity contribution in [2.24, 2.45) is 10.9 Å². The Bertz CT molecular complexity index is 565. The van der Waals surface area contributed by atoms with Crippen LogP contribution in [-0.2, 0) is 16.0 Å². The fraction of sp³-hybridized carbons (Fsp3) is 0.700. The highest BCUT2D eigenvalue weighted by Gasteiger charge is 2.13. The lowest BCUT2D eigenvalue weighted by molar-refractivity contribution is 0.0203. The molecule has 1 aromatic heterocycles. The van der Waals surface area contributed by atoms with Crippen LogP contribution in [0.2, 0.25) is 0 Å². The number of nitrogens with one attached hydrogen (secondary N) is 2. The van der Waals surface area contributed by atoms with Gasteiger partial charge in [0.2, 0.25) is 0 Å². The molecule has 0 spiro atoms. The van der Waals surface area contributed by atoms with Crippen LogP contribution in [0.3, 0.4) is 0 Å². The van der Waals surface area contributed by atoms with E-state index in [-0.39, 0.29) is 24.0 Å². The van der Waals surface area contributed by atoms with Crippen molar-refractivity contribution in [1.29, 1.82) is 0 Å². The van der Waals surface area contributed by atoms with Crippen LogP contribution >= 0.6 is 24.0 Å². The lowest BCUT2D eigenvalue weighted by atomic mass is 10.0. The van der Waals surface area contributed by atoms with Gasteiger partial charge in [-0.2, -0.15) is 0 Å². The SMILES string of the molecule is CCNC(=NCc1cccc(N(C)C)n1)NCCCOCC1CCOCC1.I. The summed E-state index contributed by atoms with van der Waals surface area (Å²) >= 11 is 0. The number of ether oxygens (including phenoxy) is 2. The first kappa shape index (κ1) is 24.9. The fourth-order valence-corrected chi connectivity index (χ4v) is 2.85. The third-order valence-electron chi connectivity index (χ3n) is 4.45. The molecule has 0 bridgehead atoms. The molecule has 0 aromatic carbocycles. The van der Waals surface area contributed by atoms with Gasteiger partial charge in [0, 0.05) is 53.6 Å². The van der Waals surface area contributed by atoms with Crippen molar-refractivity contribution in [3.8, 4) is 0 Å². The van der Waals surface area contributed by atoms with Gasteiger partial charge in [0.15, 0.2) is 5.96 Å². The van der Waals surface area contributed by atoms with Gasteiger partial charge in [-0.25, -0.2) is 9.98 Å². The number of aromatic nitrogens is 1. The molecule has 7 nitrogen and oxygen atoms in total. The van der Waals surface area contributed by atoms with E-state index in [1.807, 2.05) is 37.2 Å². The number of guanidine groups is 1. The van der Waals surface area contributed by atoms with E-state index >= 15 is 0 Å². The molecule has 8 heteroatoms. The van der Waals surface area contributed by atoms with Gasteiger partial charge in [-0.3, -0.25) is 0 Å². The number of pyridine rings is 1. The predicted molar refractivity (Wildman–Crippen MR) is 126 cm³/mol. The molecule has 0 radical (unpaired) electrons. The second kappa shape index (κ2) is 14.8. The minimum Gasteiger partial charge on any atom is -0.381 e. The van der Waals surface area contributed by atoms with E-state index < -0.39 is 0 Å². The largest absolute Gasteiger partial charge is 0.381 e. The molecule has 1 saturated heterocycles. The Balaban J connectivity index is 0.00000392. The Morgan fingerprint density at radius 3 is 2.79 bits per heavy atom. The molecule has 2 heterocycles. The van der Waals surface area contributed by atoms with E-state index in [2.05, 4.69) is 27.5 Å². The quantitative estimate of drug-likeness (QED) is 0.221. The molecule has 1 fully saturated rings. The summed E-state index contributed by atoms with van der Waals surface area (Å²) in [5.41, 5.74) is 0.957. The zero-order valence-corrected chi connectivity index (χ0v) is 19.8. The minimum absolute atomic E-state index is 0. The van der Waals surface area contributed by atoms with Crippen molar-refractivity contribution >= 4 is 35.8 Å². The maximum Gasteiger partial charge on any atom is 0.191 e. The maximum atomic E-state index is 5.81. The lowest BCUT2D eigenvalue weighted by Crippen LogP contribution is -2.38. The van der Waals surface area contributed by atoms with Crippen molar-refractivity contribution in [2.75, 3.05) is 58.5 Å². The van der Waals surface area contributed by atoms with E-state index in [0.717, 1.165) is 76.3 Å². The van der Waals surface area contributed by atoms with Crippen molar-refractivity contribution in [3.05, 3.63) is 23.9 Å². The monoisotopic (exact) mass is 505 g/mol. The third kappa shape index (κ3) is 9.88. The van der Waals surface area contributed by atoms with Gasteiger partial charge >= 0.3 is 0 Å². The summed E-state index contributed by atoms with van der Waals surface area (Å²) in [5, 5.41) is 6.65. The van der Waals surface area contributed by atoms with Gasteiger partial charge in [0.1, 0.15) is 5.82 Å². The van der Waals surface area contributed by atoms with Crippen LogP contribution in [-0.4, -0.2) is 64.6 Å². The van der Waals surface area contributed by atoms with Crippen LogP contribution in [0.15, 0.2) is 23.2 Å². The number of nitrogens with zero attached hydrogens (tertiary/aromatic N) is 3. The first-order valence-corrected chi connectivity index (χ1v) is 10.00. The molecule has 1 aliphatic heterocycles. The Morgan fingerprint density at radius 2 is 2.07 bits per heavy atom. The molecule has 0 aliphatic carbocycles. The Kier molecular flexibility index (Phi) is 13.2. The number of hydrogen-bond acceptors (Lipinski definition) is 5. The molecule has 0 unspecified atom stereocenters. The molecule has 0 atom stereocenters. The van der Waals surface area contributed by atoms with E-state index in [1.54, 1.807) is 0 Å². The number of hydrogen-bond donors (Lipinski definition) is 2. The molecule has 0 amide bonds. The topological polar surface area (TPSA) is 71.0 Å². The molecule has 0 saturated carbocycles. The zero-order valence-electron chi connectivity index (χ0n) is 17.4. The van der Waals surface area contributed by atoms with E-state index in [4.69, 9.17) is 9.47 Å². The van der Waals surface area contributed by atoms with E-state index in [0.29, 0.717) is 12.5 Å². The maximum absolute atomic E-state index is 5.81. The number of aliphatic imine (C=N–C) groups is 1. The summed E-state index contributed by atoms with van der Waals surface area (Å²) in [6, 6.07) is 6.02. The second-order valence-electron chi connectivity index (χ2n) is 6.99. The number of rotatable bonds is 10. The second-order valence-corrected chi connectivity index (χ2v) is 6.99. The standard InChI is InChI=1S/C20H35N5O2.HI/c1-4-21-20(23-15-18-7-5-8-19(24-18)25(2)3)22-11-6-12-27-16-17-9-13-26-14-10-17;/h5,7-8,17H,4,6,9-16H2,1-3H3,(H2,21,22,23);1H. The van der Waals surface area contributed by atoms with Crippen molar-refractivity contribution in [2.45, 2.75) is 32.7 Å². The Morgan fingerprint density at radius 1 is 1.29 bits per heavy atom. The molecule has 28 heavy (non-hydrogen) atoms. The summed E-state index contributed by atoms with van der Waals surface area (Å²) < 4.78 is 11.2. The van der Waals surface area contributed by atoms with Gasteiger partial charge in [-0.1, -0.05) is 6.07 Å². The van der Waals surface area contributed by atoms with Crippen LogP contribution in [0.5, 0.6) is 0 Å². The van der Waals surface area contributed by atoms with Gasteiger partial charge in [0.25, 0.3) is 0 Å². The van der Waals surface area contributed by atoms with Crippen LogP contribution in [0, 0.1) is 5.92 Å². The summed E-state index contributed by atoms with van der Waals surface area (Å²) in [4.78, 5) is 11.2. The minimum atomic E-state index is 0. The smallest absolute Gasteiger partial charge is 0.191 e. The summed E-state index contributed by atoms with van der Waals surface area (Å²) in [5.74, 6) is 2.43. The highest BCUT2D eigenvalue weighted by molar-refractivity contribution is 14.0. The van der Waals surface area contributed by atoms with Crippen molar-refractivity contribution in [1.82, 2.24) is 15.6 Å². The molecule has 1 aromatic rings. The fourth-order valence-electron chi connectivity index (χ4n) is 2.85. The van der Waals surface area contributed by atoms with Gasteiger partial charge < -0.3 is 25.0 Å². The zero-order chi connectivity index (χ0) is 19.3. The van der Waals surface area contributed by atoms with Gasteiger partial charge in [-0.15, -0.1) is 24.0 Å². The van der Waals surface area contributed by atoms with Crippen molar-refractivity contribution < 1.29 is 9.47 Å². The van der Waals surface area contributed by atoms with Crippen LogP contribution in [0.4, 0.5) is 5.82 Å². The number of anilines is 1. The molecular weight excluding hydrogens is 469 g/mol. The van der Waals surface area contributed by atoms with Gasteiger partial charge in [0.05, 0.1) is 12.2 Å². The summed E-state index contributed by atoms with van der Waals surface area (Å²) in [6.45, 7) is 7.68.